The number of anilines is 1. The molecule has 4 nitrogen and oxygen atoms in total. The molecular weight excluding hydrogens is 204 g/mol. The number of benzene rings is 1. The number of nitrogens with zero attached hydrogens (tertiary/aromatic N) is 1. The van der Waals surface area contributed by atoms with E-state index in [4.69, 9.17) is 0 Å². The topological polar surface area (TPSA) is 49.4 Å². The first-order valence-corrected chi connectivity index (χ1v) is 5.22. The van der Waals surface area contributed by atoms with Gasteiger partial charge in [0.2, 0.25) is 5.91 Å². The minimum Gasteiger partial charge on any atom is -0.345 e. The van der Waals surface area contributed by atoms with E-state index < -0.39 is 0 Å². The zero-order chi connectivity index (χ0) is 11.7. The van der Waals surface area contributed by atoms with Crippen molar-refractivity contribution in [2.75, 3.05) is 19.4 Å². The number of hydrogen-bond acceptors (Lipinski definition) is 2. The molecule has 1 aliphatic rings. The highest BCUT2D eigenvalue weighted by Gasteiger charge is 2.17. The van der Waals surface area contributed by atoms with Crippen molar-refractivity contribution in [2.24, 2.45) is 0 Å². The Morgan fingerprint density at radius 3 is 2.75 bits per heavy atom. The van der Waals surface area contributed by atoms with Crippen molar-refractivity contribution in [3.63, 3.8) is 0 Å². The highest BCUT2D eigenvalue weighted by atomic mass is 16.2. The van der Waals surface area contributed by atoms with Crippen molar-refractivity contribution in [3.8, 4) is 0 Å². The molecule has 1 aromatic carbocycles. The maximum Gasteiger partial charge on any atom is 0.253 e. The Hall–Kier alpha value is -1.84. The van der Waals surface area contributed by atoms with E-state index in [0.29, 0.717) is 12.0 Å². The highest BCUT2D eigenvalue weighted by molar-refractivity contribution is 5.98. The molecule has 0 atom stereocenters. The number of aryl methyl sites for hydroxylation is 1. The monoisotopic (exact) mass is 218 g/mol. The van der Waals surface area contributed by atoms with E-state index in [-0.39, 0.29) is 11.8 Å². The van der Waals surface area contributed by atoms with E-state index in [1.807, 2.05) is 6.07 Å². The lowest BCUT2D eigenvalue weighted by Gasteiger charge is -2.18. The Bertz CT molecular complexity index is 452. The van der Waals surface area contributed by atoms with Gasteiger partial charge in [-0.1, -0.05) is 6.07 Å². The molecule has 0 saturated carbocycles. The van der Waals surface area contributed by atoms with Crippen LogP contribution < -0.4 is 5.32 Å². The van der Waals surface area contributed by atoms with Crippen LogP contribution >= 0.6 is 0 Å². The number of fused-ring (bicyclic) bond motifs is 1. The van der Waals surface area contributed by atoms with Crippen LogP contribution in [0.5, 0.6) is 0 Å². The van der Waals surface area contributed by atoms with Gasteiger partial charge in [0.15, 0.2) is 0 Å². The smallest absolute Gasteiger partial charge is 0.253 e. The molecule has 1 heterocycles. The molecule has 0 bridgehead atoms. The second-order valence-electron chi connectivity index (χ2n) is 4.12. The van der Waals surface area contributed by atoms with Gasteiger partial charge in [0.05, 0.1) is 0 Å². The van der Waals surface area contributed by atoms with E-state index in [0.717, 1.165) is 17.7 Å². The molecule has 1 N–H and O–H groups in total. The molecule has 1 aromatic rings. The Labute approximate surface area is 94.2 Å². The van der Waals surface area contributed by atoms with Gasteiger partial charge in [-0.2, -0.15) is 0 Å². The van der Waals surface area contributed by atoms with E-state index in [1.54, 1.807) is 26.2 Å². The van der Waals surface area contributed by atoms with Gasteiger partial charge in [-0.3, -0.25) is 9.59 Å². The van der Waals surface area contributed by atoms with Crippen LogP contribution in [0.25, 0.3) is 0 Å². The molecule has 0 spiro atoms. The lowest BCUT2D eigenvalue weighted by molar-refractivity contribution is -0.116. The van der Waals surface area contributed by atoms with Crippen molar-refractivity contribution in [1.82, 2.24) is 4.90 Å². The molecular formula is C12H14N2O2. The fraction of sp³-hybridized carbons (Fsp3) is 0.333. The van der Waals surface area contributed by atoms with E-state index in [2.05, 4.69) is 5.32 Å². The molecule has 2 amide bonds. The maximum atomic E-state index is 11.7. The number of rotatable bonds is 1. The summed E-state index contributed by atoms with van der Waals surface area (Å²) in [5.74, 6) is -0.0374. The van der Waals surface area contributed by atoms with Gasteiger partial charge < -0.3 is 10.2 Å². The summed E-state index contributed by atoms with van der Waals surface area (Å²) in [7, 11) is 3.42. The van der Waals surface area contributed by atoms with Crippen LogP contribution in [0, 0.1) is 0 Å². The van der Waals surface area contributed by atoms with Crippen molar-refractivity contribution in [1.29, 1.82) is 0 Å². The Kier molecular flexibility index (Phi) is 2.64. The molecule has 16 heavy (non-hydrogen) atoms. The van der Waals surface area contributed by atoms with Crippen molar-refractivity contribution >= 4 is 17.5 Å². The fourth-order valence-electron chi connectivity index (χ4n) is 1.76. The minimum atomic E-state index is -0.0531. The number of amides is 2. The Morgan fingerprint density at radius 1 is 1.31 bits per heavy atom. The van der Waals surface area contributed by atoms with Crippen LogP contribution in [-0.2, 0) is 11.2 Å². The molecule has 0 radical (unpaired) electrons. The van der Waals surface area contributed by atoms with E-state index in [9.17, 15) is 9.59 Å². The first-order valence-electron chi connectivity index (χ1n) is 5.22. The third kappa shape index (κ3) is 1.91. The fourth-order valence-corrected chi connectivity index (χ4v) is 1.76. The van der Waals surface area contributed by atoms with Gasteiger partial charge in [-0.05, 0) is 24.1 Å². The summed E-state index contributed by atoms with van der Waals surface area (Å²) in [6.07, 6.45) is 1.27. The quantitative estimate of drug-likeness (QED) is 0.771. The number of nitrogens with one attached hydrogen (secondary N) is 1. The van der Waals surface area contributed by atoms with Crippen LogP contribution in [0.2, 0.25) is 0 Å². The molecule has 0 aromatic heterocycles. The summed E-state index contributed by atoms with van der Waals surface area (Å²) in [4.78, 5) is 24.5. The molecule has 0 unspecified atom stereocenters. The second-order valence-corrected chi connectivity index (χ2v) is 4.12. The number of hydrogen-bond donors (Lipinski definition) is 1. The first-order chi connectivity index (χ1) is 7.58. The predicted molar refractivity (Wildman–Crippen MR) is 61.4 cm³/mol. The first kappa shape index (κ1) is 10.7. The lowest BCUT2D eigenvalue weighted by atomic mass is 10.0. The zero-order valence-corrected chi connectivity index (χ0v) is 9.41. The van der Waals surface area contributed by atoms with Crippen LogP contribution in [0.15, 0.2) is 18.2 Å². The average molecular weight is 218 g/mol. The molecule has 2 rings (SSSR count). The maximum absolute atomic E-state index is 11.7. The number of carbonyl (C=O) groups excluding carboxylic acids is 2. The summed E-state index contributed by atoms with van der Waals surface area (Å²) < 4.78 is 0. The van der Waals surface area contributed by atoms with Crippen molar-refractivity contribution in [2.45, 2.75) is 12.8 Å². The Morgan fingerprint density at radius 2 is 2.06 bits per heavy atom. The number of carbonyl (C=O) groups is 2. The van der Waals surface area contributed by atoms with Gasteiger partial charge in [0, 0.05) is 31.8 Å². The van der Waals surface area contributed by atoms with E-state index in [1.165, 1.54) is 4.90 Å². The zero-order valence-electron chi connectivity index (χ0n) is 9.41. The SMILES string of the molecule is CN(C)C(=O)c1ccc2c(c1)NC(=O)CC2. The minimum absolute atomic E-state index is 0.0157. The van der Waals surface area contributed by atoms with E-state index >= 15 is 0 Å². The Balaban J connectivity index is 2.35. The molecule has 0 aliphatic carbocycles. The summed E-state index contributed by atoms with van der Waals surface area (Å²) >= 11 is 0. The third-order valence-electron chi connectivity index (χ3n) is 2.66. The van der Waals surface area contributed by atoms with Gasteiger partial charge >= 0.3 is 0 Å². The van der Waals surface area contributed by atoms with Crippen LogP contribution in [0.3, 0.4) is 0 Å². The highest BCUT2D eigenvalue weighted by Crippen LogP contribution is 2.23. The molecule has 0 saturated heterocycles. The summed E-state index contributed by atoms with van der Waals surface area (Å²) in [6.45, 7) is 0. The molecule has 84 valence electrons. The second kappa shape index (κ2) is 3.96. The summed E-state index contributed by atoms with van der Waals surface area (Å²) in [5, 5.41) is 2.78. The average Bonchev–Trinajstić information content (AvgIpc) is 2.26. The summed E-state index contributed by atoms with van der Waals surface area (Å²) in [5.41, 5.74) is 2.46. The van der Waals surface area contributed by atoms with Crippen molar-refractivity contribution < 1.29 is 9.59 Å². The molecule has 0 fully saturated rings. The van der Waals surface area contributed by atoms with Crippen LogP contribution in [-0.4, -0.2) is 30.8 Å². The standard InChI is InChI=1S/C12H14N2O2/c1-14(2)12(16)9-4-3-8-5-6-11(15)13-10(8)7-9/h3-4,7H,5-6H2,1-2H3,(H,13,15). The largest absolute Gasteiger partial charge is 0.345 e. The van der Waals surface area contributed by atoms with Gasteiger partial charge in [-0.25, -0.2) is 0 Å². The molecule has 4 heteroatoms. The van der Waals surface area contributed by atoms with Crippen molar-refractivity contribution in [3.05, 3.63) is 29.3 Å². The predicted octanol–water partition coefficient (Wildman–Crippen LogP) is 1.27. The lowest BCUT2D eigenvalue weighted by Crippen LogP contribution is -2.23. The van der Waals surface area contributed by atoms with Gasteiger partial charge in [-0.15, -0.1) is 0 Å². The normalized spacial score (nSPS) is 14.0. The third-order valence-corrected chi connectivity index (χ3v) is 2.66. The van der Waals surface area contributed by atoms with Crippen LogP contribution in [0.1, 0.15) is 22.3 Å². The van der Waals surface area contributed by atoms with Crippen LogP contribution in [0.4, 0.5) is 5.69 Å². The summed E-state index contributed by atoms with van der Waals surface area (Å²) in [6, 6.07) is 5.46. The van der Waals surface area contributed by atoms with Gasteiger partial charge in [0.1, 0.15) is 0 Å². The van der Waals surface area contributed by atoms with Gasteiger partial charge in [0.25, 0.3) is 5.91 Å². The molecule has 1 aliphatic heterocycles.